The Balaban J connectivity index is 2.84. The highest BCUT2D eigenvalue weighted by Gasteiger charge is 2.13. The fraction of sp³-hybridized carbons (Fsp3) is 0.571. The number of hydrogen-bond acceptors (Lipinski definition) is 4. The molecule has 0 aromatic heterocycles. The van der Waals surface area contributed by atoms with Gasteiger partial charge in [0.15, 0.2) is 0 Å². The zero-order valence-corrected chi connectivity index (χ0v) is 11.2. The zero-order valence-electron chi connectivity index (χ0n) is 11.2. The molecule has 18 heavy (non-hydrogen) atoms. The Labute approximate surface area is 108 Å². The number of hydrogen-bond donors (Lipinski definition) is 2. The average molecular weight is 254 g/mol. The van der Waals surface area contributed by atoms with Crippen molar-refractivity contribution in [2.24, 2.45) is 0 Å². The van der Waals surface area contributed by atoms with E-state index in [2.05, 4.69) is 0 Å². The number of ether oxygens (including phenoxy) is 2. The minimum absolute atomic E-state index is 0.101. The van der Waals surface area contributed by atoms with Gasteiger partial charge in [-0.25, -0.2) is 0 Å². The van der Waals surface area contributed by atoms with Gasteiger partial charge in [0.05, 0.1) is 19.3 Å². The predicted molar refractivity (Wildman–Crippen MR) is 69.9 cm³/mol. The third-order valence-corrected chi connectivity index (χ3v) is 2.67. The van der Waals surface area contributed by atoms with Crippen LogP contribution < -0.4 is 9.47 Å². The summed E-state index contributed by atoms with van der Waals surface area (Å²) in [6.45, 7) is 6.03. The summed E-state index contributed by atoms with van der Waals surface area (Å²) in [4.78, 5) is 0. The molecule has 1 aromatic carbocycles. The van der Waals surface area contributed by atoms with Crippen LogP contribution in [0, 0.1) is 0 Å². The minimum Gasteiger partial charge on any atom is -0.493 e. The molecule has 0 saturated carbocycles. The van der Waals surface area contributed by atoms with Gasteiger partial charge in [-0.2, -0.15) is 0 Å². The molecule has 0 saturated heterocycles. The lowest BCUT2D eigenvalue weighted by Crippen LogP contribution is -2.26. The van der Waals surface area contributed by atoms with E-state index in [1.807, 2.05) is 6.92 Å². The highest BCUT2D eigenvalue weighted by Crippen LogP contribution is 2.26. The molecule has 0 fully saturated rings. The molecule has 0 heterocycles. The number of rotatable bonds is 7. The minimum atomic E-state index is -0.572. The lowest BCUT2D eigenvalue weighted by Gasteiger charge is -2.19. The van der Waals surface area contributed by atoms with E-state index in [-0.39, 0.29) is 12.7 Å². The molecule has 2 N–H and O–H groups in total. The van der Waals surface area contributed by atoms with Gasteiger partial charge in [0.1, 0.15) is 17.6 Å². The van der Waals surface area contributed by atoms with Crippen molar-refractivity contribution >= 4 is 0 Å². The highest BCUT2D eigenvalue weighted by molar-refractivity contribution is 5.40. The number of benzene rings is 1. The summed E-state index contributed by atoms with van der Waals surface area (Å²) in [6.07, 6.45) is 0.0237. The molecule has 102 valence electrons. The molecule has 4 heteroatoms. The summed E-state index contributed by atoms with van der Waals surface area (Å²) in [5, 5.41) is 18.7. The molecular formula is C14H22O4. The van der Waals surface area contributed by atoms with Gasteiger partial charge in [-0.1, -0.05) is 6.92 Å². The van der Waals surface area contributed by atoms with Gasteiger partial charge < -0.3 is 19.7 Å². The Bertz CT molecular complexity index is 363. The Kier molecular flexibility index (Phi) is 5.95. The van der Waals surface area contributed by atoms with Crippen LogP contribution in [0.4, 0.5) is 0 Å². The van der Waals surface area contributed by atoms with E-state index in [9.17, 15) is 10.2 Å². The molecule has 2 unspecified atom stereocenters. The lowest BCUT2D eigenvalue weighted by atomic mass is 10.2. The van der Waals surface area contributed by atoms with Gasteiger partial charge in [-0.3, -0.25) is 0 Å². The zero-order chi connectivity index (χ0) is 13.5. The van der Waals surface area contributed by atoms with E-state index >= 15 is 0 Å². The largest absolute Gasteiger partial charge is 0.493 e. The molecule has 1 aromatic rings. The smallest absolute Gasteiger partial charge is 0.129 e. The molecule has 2 atom stereocenters. The summed E-state index contributed by atoms with van der Waals surface area (Å²) in [5.74, 6) is 1.27. The van der Waals surface area contributed by atoms with Gasteiger partial charge in [-0.15, -0.1) is 0 Å². The van der Waals surface area contributed by atoms with Crippen LogP contribution in [0.1, 0.15) is 32.8 Å². The van der Waals surface area contributed by atoms with Crippen LogP contribution in [-0.4, -0.2) is 29.0 Å². The van der Waals surface area contributed by atoms with E-state index in [4.69, 9.17) is 9.47 Å². The monoisotopic (exact) mass is 254 g/mol. The molecule has 0 bridgehead atoms. The molecule has 0 aliphatic heterocycles. The summed E-state index contributed by atoms with van der Waals surface area (Å²) in [7, 11) is 0. The predicted octanol–water partition coefficient (Wildman–Crippen LogP) is 2.12. The fourth-order valence-electron chi connectivity index (χ4n) is 1.38. The molecule has 0 aliphatic rings. The Morgan fingerprint density at radius 2 is 2.00 bits per heavy atom. The first-order chi connectivity index (χ1) is 8.58. The van der Waals surface area contributed by atoms with Crippen molar-refractivity contribution in [2.45, 2.75) is 46.0 Å². The summed E-state index contributed by atoms with van der Waals surface area (Å²) >= 11 is 0. The summed E-state index contributed by atoms with van der Waals surface area (Å²) < 4.78 is 11.1. The van der Waals surface area contributed by atoms with Crippen LogP contribution in [-0.2, 0) is 6.61 Å². The van der Waals surface area contributed by atoms with Gasteiger partial charge in [0.2, 0.25) is 0 Å². The summed E-state index contributed by atoms with van der Waals surface area (Å²) in [6, 6.07) is 5.33. The second-order valence-electron chi connectivity index (χ2n) is 4.34. The maximum atomic E-state index is 9.44. The van der Waals surface area contributed by atoms with Crippen molar-refractivity contribution in [1.29, 1.82) is 0 Å². The van der Waals surface area contributed by atoms with E-state index in [0.717, 1.165) is 6.42 Å². The van der Waals surface area contributed by atoms with E-state index < -0.39 is 6.10 Å². The highest BCUT2D eigenvalue weighted by atomic mass is 16.5. The van der Waals surface area contributed by atoms with E-state index in [1.165, 1.54) is 0 Å². The van der Waals surface area contributed by atoms with Crippen molar-refractivity contribution in [3.05, 3.63) is 23.8 Å². The molecule has 4 nitrogen and oxygen atoms in total. The molecule has 0 radical (unpaired) electrons. The molecule has 0 aliphatic carbocycles. The maximum absolute atomic E-state index is 9.44. The average Bonchev–Trinajstić information content (AvgIpc) is 2.36. The van der Waals surface area contributed by atoms with Crippen molar-refractivity contribution < 1.29 is 19.7 Å². The molecule has 0 amide bonds. The fourth-order valence-corrected chi connectivity index (χ4v) is 1.38. The van der Waals surface area contributed by atoms with Crippen molar-refractivity contribution in [2.75, 3.05) is 6.61 Å². The Morgan fingerprint density at radius 3 is 2.56 bits per heavy atom. The SMILES string of the molecule is CCCOc1ccc(CO)c(OC(C)C(C)O)c1. The number of aliphatic hydroxyl groups is 2. The van der Waals surface area contributed by atoms with Crippen LogP contribution in [0.2, 0.25) is 0 Å². The summed E-state index contributed by atoms with van der Waals surface area (Å²) in [5.41, 5.74) is 0.686. The van der Waals surface area contributed by atoms with Crippen LogP contribution in [0.25, 0.3) is 0 Å². The van der Waals surface area contributed by atoms with Crippen molar-refractivity contribution in [3.63, 3.8) is 0 Å². The second-order valence-corrected chi connectivity index (χ2v) is 4.34. The van der Waals surface area contributed by atoms with Gasteiger partial charge in [-0.05, 0) is 32.4 Å². The Hall–Kier alpha value is -1.26. The van der Waals surface area contributed by atoms with E-state index in [1.54, 1.807) is 32.0 Å². The van der Waals surface area contributed by atoms with Crippen molar-refractivity contribution in [3.8, 4) is 11.5 Å². The topological polar surface area (TPSA) is 58.9 Å². The Morgan fingerprint density at radius 1 is 1.28 bits per heavy atom. The van der Waals surface area contributed by atoms with Gasteiger partial charge >= 0.3 is 0 Å². The maximum Gasteiger partial charge on any atom is 0.129 e. The first kappa shape index (κ1) is 14.8. The lowest BCUT2D eigenvalue weighted by molar-refractivity contribution is 0.0587. The third-order valence-electron chi connectivity index (χ3n) is 2.67. The second kappa shape index (κ2) is 7.24. The van der Waals surface area contributed by atoms with Crippen LogP contribution in [0.5, 0.6) is 11.5 Å². The quantitative estimate of drug-likeness (QED) is 0.782. The number of aliphatic hydroxyl groups excluding tert-OH is 2. The van der Waals surface area contributed by atoms with Crippen molar-refractivity contribution in [1.82, 2.24) is 0 Å². The molecule has 1 rings (SSSR count). The van der Waals surface area contributed by atoms with Gasteiger partial charge in [0, 0.05) is 11.6 Å². The van der Waals surface area contributed by atoms with Gasteiger partial charge in [0.25, 0.3) is 0 Å². The van der Waals surface area contributed by atoms with Crippen LogP contribution >= 0.6 is 0 Å². The van der Waals surface area contributed by atoms with E-state index in [0.29, 0.717) is 23.7 Å². The third kappa shape index (κ3) is 4.20. The normalized spacial score (nSPS) is 14.1. The van der Waals surface area contributed by atoms with Crippen LogP contribution in [0.15, 0.2) is 18.2 Å². The van der Waals surface area contributed by atoms with Crippen LogP contribution in [0.3, 0.4) is 0 Å². The first-order valence-electron chi connectivity index (χ1n) is 6.29. The standard InChI is InChI=1S/C14H22O4/c1-4-7-17-13-6-5-12(9-15)14(8-13)18-11(3)10(2)16/h5-6,8,10-11,15-16H,4,7,9H2,1-3H3. The molecule has 0 spiro atoms. The first-order valence-corrected chi connectivity index (χ1v) is 6.29. The molecular weight excluding hydrogens is 232 g/mol.